The van der Waals surface area contributed by atoms with Crippen molar-refractivity contribution in [1.82, 2.24) is 9.78 Å². The van der Waals surface area contributed by atoms with Crippen LogP contribution in [0.2, 0.25) is 5.02 Å². The largest absolute Gasteiger partial charge is 0.488 e. The molecule has 84 valence electrons. The number of rotatable bonds is 3. The summed E-state index contributed by atoms with van der Waals surface area (Å²) in [7, 11) is 0. The van der Waals surface area contributed by atoms with Crippen molar-refractivity contribution < 1.29 is 4.74 Å². The molecule has 0 bridgehead atoms. The topological polar surface area (TPSA) is 27.1 Å². The molecule has 0 aliphatic carbocycles. The Morgan fingerprint density at radius 3 is 2.75 bits per heavy atom. The smallest absolute Gasteiger partial charge is 0.158 e. The highest BCUT2D eigenvalue weighted by atomic mass is 35.5. The van der Waals surface area contributed by atoms with Gasteiger partial charge in [0.25, 0.3) is 0 Å². The minimum Gasteiger partial charge on any atom is -0.488 e. The first kappa shape index (κ1) is 11.0. The van der Waals surface area contributed by atoms with E-state index in [2.05, 4.69) is 5.10 Å². The predicted molar refractivity (Wildman–Crippen MR) is 64.3 cm³/mol. The van der Waals surface area contributed by atoms with Gasteiger partial charge in [0.2, 0.25) is 0 Å². The molecular weight excluding hydrogens is 224 g/mol. The van der Waals surface area contributed by atoms with Crippen LogP contribution in [0, 0.1) is 0 Å². The van der Waals surface area contributed by atoms with E-state index in [-0.39, 0.29) is 6.10 Å². The van der Waals surface area contributed by atoms with Crippen LogP contribution in [-0.2, 0) is 0 Å². The highest BCUT2D eigenvalue weighted by molar-refractivity contribution is 6.32. The Kier molecular flexibility index (Phi) is 3.15. The first-order valence-corrected chi connectivity index (χ1v) is 5.51. The van der Waals surface area contributed by atoms with E-state index in [9.17, 15) is 0 Å². The molecule has 2 aromatic rings. The number of hydrogen-bond donors (Lipinski definition) is 0. The van der Waals surface area contributed by atoms with Crippen molar-refractivity contribution in [2.45, 2.75) is 20.0 Å². The molecule has 0 fully saturated rings. The zero-order valence-corrected chi connectivity index (χ0v) is 9.98. The summed E-state index contributed by atoms with van der Waals surface area (Å²) in [6.07, 6.45) is 3.65. The van der Waals surface area contributed by atoms with Crippen LogP contribution in [0.25, 0.3) is 5.69 Å². The lowest BCUT2D eigenvalue weighted by Gasteiger charge is -2.06. The molecule has 1 aromatic heterocycles. The summed E-state index contributed by atoms with van der Waals surface area (Å²) >= 11 is 6.07. The van der Waals surface area contributed by atoms with Crippen molar-refractivity contribution in [3.8, 4) is 11.4 Å². The van der Waals surface area contributed by atoms with E-state index in [1.165, 1.54) is 0 Å². The Morgan fingerprint density at radius 2 is 2.06 bits per heavy atom. The Labute approximate surface area is 99.6 Å². The van der Waals surface area contributed by atoms with Crippen LogP contribution in [0.4, 0.5) is 0 Å². The van der Waals surface area contributed by atoms with Crippen LogP contribution in [0.5, 0.6) is 5.75 Å². The summed E-state index contributed by atoms with van der Waals surface area (Å²) in [5.74, 6) is 0.745. The van der Waals surface area contributed by atoms with E-state index in [1.807, 2.05) is 44.3 Å². The van der Waals surface area contributed by atoms with Gasteiger partial charge < -0.3 is 4.74 Å². The molecule has 0 saturated carbocycles. The molecule has 0 N–H and O–H groups in total. The third kappa shape index (κ3) is 2.36. The summed E-state index contributed by atoms with van der Waals surface area (Å²) in [6.45, 7) is 3.96. The van der Waals surface area contributed by atoms with Crippen LogP contribution in [0.3, 0.4) is 0 Å². The van der Waals surface area contributed by atoms with Gasteiger partial charge in [0.05, 0.1) is 29.2 Å². The van der Waals surface area contributed by atoms with E-state index in [4.69, 9.17) is 16.3 Å². The summed E-state index contributed by atoms with van der Waals surface area (Å²) in [5, 5.41) is 4.88. The normalized spacial score (nSPS) is 10.8. The minimum absolute atomic E-state index is 0.142. The summed E-state index contributed by atoms with van der Waals surface area (Å²) < 4.78 is 7.24. The molecule has 0 atom stereocenters. The first-order chi connectivity index (χ1) is 7.66. The Balaban J connectivity index is 2.28. The second kappa shape index (κ2) is 4.58. The molecule has 16 heavy (non-hydrogen) atoms. The minimum atomic E-state index is 0.142. The molecule has 3 nitrogen and oxygen atoms in total. The van der Waals surface area contributed by atoms with Gasteiger partial charge in [0.15, 0.2) is 5.75 Å². The maximum Gasteiger partial charge on any atom is 0.158 e. The molecule has 0 amide bonds. The van der Waals surface area contributed by atoms with Gasteiger partial charge >= 0.3 is 0 Å². The lowest BCUT2D eigenvalue weighted by Crippen LogP contribution is -2.04. The summed E-state index contributed by atoms with van der Waals surface area (Å²) in [5.41, 5.74) is 0.850. The zero-order valence-electron chi connectivity index (χ0n) is 9.22. The van der Waals surface area contributed by atoms with E-state index >= 15 is 0 Å². The molecule has 0 spiro atoms. The van der Waals surface area contributed by atoms with Crippen LogP contribution in [0.1, 0.15) is 13.8 Å². The molecule has 4 heteroatoms. The molecule has 1 heterocycles. The molecule has 1 aromatic carbocycles. The van der Waals surface area contributed by atoms with E-state index in [0.717, 1.165) is 11.4 Å². The van der Waals surface area contributed by atoms with E-state index in [1.54, 1.807) is 10.9 Å². The van der Waals surface area contributed by atoms with Crippen LogP contribution in [-0.4, -0.2) is 15.9 Å². The van der Waals surface area contributed by atoms with E-state index in [0.29, 0.717) is 5.02 Å². The second-order valence-corrected chi connectivity index (χ2v) is 4.15. The van der Waals surface area contributed by atoms with Crippen LogP contribution >= 0.6 is 11.6 Å². The monoisotopic (exact) mass is 236 g/mol. The van der Waals surface area contributed by atoms with Crippen LogP contribution in [0.15, 0.2) is 36.7 Å². The predicted octanol–water partition coefficient (Wildman–Crippen LogP) is 3.31. The van der Waals surface area contributed by atoms with Gasteiger partial charge in [-0.25, -0.2) is 4.68 Å². The fourth-order valence-corrected chi connectivity index (χ4v) is 1.63. The zero-order chi connectivity index (χ0) is 11.5. The second-order valence-electron chi connectivity index (χ2n) is 3.74. The highest BCUT2D eigenvalue weighted by Crippen LogP contribution is 2.21. The molecule has 0 radical (unpaired) electrons. The highest BCUT2D eigenvalue weighted by Gasteiger charge is 2.05. The van der Waals surface area contributed by atoms with Crippen molar-refractivity contribution in [2.75, 3.05) is 0 Å². The van der Waals surface area contributed by atoms with Crippen molar-refractivity contribution in [3.05, 3.63) is 41.7 Å². The maximum atomic E-state index is 6.07. The fourth-order valence-electron chi connectivity index (χ4n) is 1.41. The lowest BCUT2D eigenvalue weighted by atomic mass is 10.3. The van der Waals surface area contributed by atoms with Gasteiger partial charge in [-0.3, -0.25) is 0 Å². The van der Waals surface area contributed by atoms with Gasteiger partial charge in [0, 0.05) is 0 Å². The van der Waals surface area contributed by atoms with Gasteiger partial charge in [-0.1, -0.05) is 23.7 Å². The molecule has 0 saturated heterocycles. The van der Waals surface area contributed by atoms with Crippen molar-refractivity contribution in [1.29, 1.82) is 0 Å². The number of benzene rings is 1. The maximum absolute atomic E-state index is 6.07. The number of para-hydroxylation sites is 1. The molecule has 2 rings (SSSR count). The number of halogens is 1. The third-order valence-corrected chi connectivity index (χ3v) is 2.35. The van der Waals surface area contributed by atoms with Crippen molar-refractivity contribution in [2.24, 2.45) is 0 Å². The third-order valence-electron chi connectivity index (χ3n) is 2.03. The average Bonchev–Trinajstić information content (AvgIpc) is 2.66. The van der Waals surface area contributed by atoms with Gasteiger partial charge in [-0.2, -0.15) is 5.10 Å². The lowest BCUT2D eigenvalue weighted by molar-refractivity contribution is 0.242. The van der Waals surface area contributed by atoms with Gasteiger partial charge in [0.1, 0.15) is 0 Å². The molecular formula is C12H13ClN2O. The number of nitrogens with zero attached hydrogens (tertiary/aromatic N) is 2. The standard InChI is InChI=1S/C12H13ClN2O/c1-9(2)16-10-7-14-15(8-10)12-6-4-3-5-11(12)13/h3-9H,1-2H3. The summed E-state index contributed by atoms with van der Waals surface area (Å²) in [6, 6.07) is 7.56. The van der Waals surface area contributed by atoms with E-state index < -0.39 is 0 Å². The quantitative estimate of drug-likeness (QED) is 0.818. The number of hydrogen-bond acceptors (Lipinski definition) is 2. The Morgan fingerprint density at radius 1 is 1.31 bits per heavy atom. The number of ether oxygens (including phenoxy) is 1. The number of aromatic nitrogens is 2. The van der Waals surface area contributed by atoms with Crippen LogP contribution < -0.4 is 4.74 Å². The Bertz CT molecular complexity index is 479. The van der Waals surface area contributed by atoms with Gasteiger partial charge in [-0.05, 0) is 26.0 Å². The Hall–Kier alpha value is -1.48. The molecule has 0 aliphatic heterocycles. The fraction of sp³-hybridized carbons (Fsp3) is 0.250. The molecule has 0 unspecified atom stereocenters. The first-order valence-electron chi connectivity index (χ1n) is 5.13. The SMILES string of the molecule is CC(C)Oc1cnn(-c2ccccc2Cl)c1. The summed E-state index contributed by atoms with van der Waals surface area (Å²) in [4.78, 5) is 0. The van der Waals surface area contributed by atoms with Gasteiger partial charge in [-0.15, -0.1) is 0 Å². The van der Waals surface area contributed by atoms with Crippen molar-refractivity contribution in [3.63, 3.8) is 0 Å². The van der Waals surface area contributed by atoms with Crippen molar-refractivity contribution >= 4 is 11.6 Å². The molecule has 0 aliphatic rings. The average molecular weight is 237 g/mol.